The first kappa shape index (κ1) is 21.4. The van der Waals surface area contributed by atoms with Crippen LogP contribution in [0.1, 0.15) is 0 Å². The molecule has 0 spiro atoms. The smallest absolute Gasteiger partial charge is 0.418 e. The van der Waals surface area contributed by atoms with Crippen LogP contribution in [0.15, 0.2) is 0 Å². The number of carbonyl (C=O) groups excluding carboxylic acids is 1. The van der Waals surface area contributed by atoms with Gasteiger partial charge in [-0.3, -0.25) is 0 Å². The van der Waals surface area contributed by atoms with Gasteiger partial charge in [-0.2, -0.15) is 22.0 Å². The third kappa shape index (κ3) is 5.43. The molecule has 0 N–H and O–H groups in total. The molecule has 0 aliphatic carbocycles. The monoisotopic (exact) mass is 396 g/mol. The molecule has 138 valence electrons. The van der Waals surface area contributed by atoms with Gasteiger partial charge in [0.05, 0.1) is 6.61 Å². The van der Waals surface area contributed by atoms with Crippen molar-refractivity contribution >= 4 is 21.7 Å². The molecular formula is C11H6BF8O4P. The lowest BCUT2D eigenvalue weighted by Gasteiger charge is -2.21. The SMILES string of the molecule is [B]P(C)OC[C@@H](OC(=O)Oc1c(F)c(F)c(F)c(F)c1F)C(F)(F)F. The predicted molar refractivity (Wildman–Crippen MR) is 67.7 cm³/mol. The van der Waals surface area contributed by atoms with Crippen LogP contribution in [0, 0.1) is 29.1 Å². The largest absolute Gasteiger partial charge is 0.514 e. The van der Waals surface area contributed by atoms with E-state index in [0.29, 0.717) is 0 Å². The Morgan fingerprint density at radius 2 is 1.48 bits per heavy atom. The van der Waals surface area contributed by atoms with Crippen LogP contribution in [0.5, 0.6) is 5.75 Å². The zero-order valence-corrected chi connectivity index (χ0v) is 12.9. The maximum Gasteiger partial charge on any atom is 0.514 e. The van der Waals surface area contributed by atoms with Gasteiger partial charge in [0.15, 0.2) is 0 Å². The van der Waals surface area contributed by atoms with Crippen molar-refractivity contribution in [3.05, 3.63) is 29.1 Å². The van der Waals surface area contributed by atoms with Gasteiger partial charge in [0.2, 0.25) is 40.9 Å². The van der Waals surface area contributed by atoms with E-state index in [0.717, 1.165) is 0 Å². The molecular weight excluding hydrogens is 390 g/mol. The Morgan fingerprint density at radius 3 is 1.88 bits per heavy atom. The van der Waals surface area contributed by atoms with Gasteiger partial charge in [-0.05, 0) is 14.7 Å². The van der Waals surface area contributed by atoms with E-state index in [2.05, 4.69) is 14.0 Å². The average Bonchev–Trinajstić information content (AvgIpc) is 2.50. The molecule has 0 aliphatic rings. The van der Waals surface area contributed by atoms with Gasteiger partial charge < -0.3 is 14.0 Å². The van der Waals surface area contributed by atoms with Crippen LogP contribution < -0.4 is 4.74 Å². The number of hydrogen-bond acceptors (Lipinski definition) is 4. The number of alkyl halides is 3. The molecule has 1 rings (SSSR count). The molecule has 1 aromatic carbocycles. The van der Waals surface area contributed by atoms with Gasteiger partial charge in [0.1, 0.15) is 7.57 Å². The molecule has 0 aromatic heterocycles. The summed E-state index contributed by atoms with van der Waals surface area (Å²) >= 11 is 0. The summed E-state index contributed by atoms with van der Waals surface area (Å²) in [7, 11) is 3.34. The molecule has 0 saturated heterocycles. The highest BCUT2D eigenvalue weighted by Gasteiger charge is 2.44. The fourth-order valence-electron chi connectivity index (χ4n) is 1.28. The van der Waals surface area contributed by atoms with Gasteiger partial charge >= 0.3 is 12.3 Å². The van der Waals surface area contributed by atoms with Gasteiger partial charge in [-0.25, -0.2) is 18.0 Å². The Balaban J connectivity index is 2.98. The summed E-state index contributed by atoms with van der Waals surface area (Å²) in [5.74, 6) is -14.7. The summed E-state index contributed by atoms with van der Waals surface area (Å²) in [6.45, 7) is -0.0513. The van der Waals surface area contributed by atoms with Crippen LogP contribution >= 0.6 is 8.03 Å². The summed E-state index contributed by atoms with van der Waals surface area (Å²) in [6, 6.07) is 0. The van der Waals surface area contributed by atoms with Crippen molar-refractivity contribution in [1.82, 2.24) is 0 Å². The maximum absolute atomic E-state index is 13.3. The van der Waals surface area contributed by atoms with Crippen LogP contribution in [0.2, 0.25) is 0 Å². The minimum atomic E-state index is -5.18. The fraction of sp³-hybridized carbons (Fsp3) is 0.364. The number of carbonyl (C=O) groups is 1. The second-order valence-corrected chi connectivity index (χ2v) is 5.59. The third-order valence-electron chi connectivity index (χ3n) is 2.39. The summed E-state index contributed by atoms with van der Waals surface area (Å²) < 4.78 is 115. The first-order valence-corrected chi connectivity index (χ1v) is 7.71. The molecule has 1 unspecified atom stereocenters. The number of rotatable bonds is 5. The molecule has 14 heteroatoms. The van der Waals surface area contributed by atoms with E-state index in [1.165, 1.54) is 6.66 Å². The van der Waals surface area contributed by atoms with Crippen molar-refractivity contribution in [2.45, 2.75) is 12.3 Å². The molecule has 1 aromatic rings. The Kier molecular flexibility index (Phi) is 7.01. The molecule has 0 fully saturated rings. The minimum absolute atomic E-state index is 1.22. The first-order chi connectivity index (χ1) is 11.4. The normalized spacial score (nSPS) is 14.1. The highest BCUT2D eigenvalue weighted by atomic mass is 31.1. The highest BCUT2D eigenvalue weighted by Crippen LogP contribution is 2.32. The average molecular weight is 396 g/mol. The van der Waals surface area contributed by atoms with Gasteiger partial charge in [0, 0.05) is 0 Å². The van der Waals surface area contributed by atoms with Crippen LogP contribution in [0.25, 0.3) is 0 Å². The molecule has 0 saturated carbocycles. The number of benzene rings is 1. The van der Waals surface area contributed by atoms with Crippen molar-refractivity contribution in [2.24, 2.45) is 0 Å². The second-order valence-electron chi connectivity index (χ2n) is 4.24. The van der Waals surface area contributed by atoms with Crippen molar-refractivity contribution in [2.75, 3.05) is 13.3 Å². The topological polar surface area (TPSA) is 44.8 Å². The van der Waals surface area contributed by atoms with Gasteiger partial charge in [-0.1, -0.05) is 0 Å². The summed E-state index contributed by atoms with van der Waals surface area (Å²) in [5, 5.41) is 0. The van der Waals surface area contributed by atoms with E-state index in [9.17, 15) is 39.9 Å². The molecule has 4 nitrogen and oxygen atoms in total. The van der Waals surface area contributed by atoms with Gasteiger partial charge in [0.25, 0.3) is 0 Å². The Morgan fingerprint density at radius 1 is 1.04 bits per heavy atom. The Bertz CT molecular complexity index is 625. The van der Waals surface area contributed by atoms with E-state index in [-0.39, 0.29) is 0 Å². The molecule has 2 atom stereocenters. The lowest BCUT2D eigenvalue weighted by atomic mass is 10.3. The summed E-state index contributed by atoms with van der Waals surface area (Å²) in [6.07, 6.45) is -10.5. The number of halogens is 8. The van der Waals surface area contributed by atoms with Crippen molar-refractivity contribution in [1.29, 1.82) is 0 Å². The van der Waals surface area contributed by atoms with E-state index >= 15 is 0 Å². The summed E-state index contributed by atoms with van der Waals surface area (Å²) in [5.41, 5.74) is 0. The fourth-order valence-corrected chi connectivity index (χ4v) is 1.65. The molecule has 0 bridgehead atoms. The molecule has 0 amide bonds. The first-order valence-electron chi connectivity index (χ1n) is 5.94. The lowest BCUT2D eigenvalue weighted by Crippen LogP contribution is -2.38. The Labute approximate surface area is 137 Å². The van der Waals surface area contributed by atoms with Gasteiger partial charge in [-0.15, -0.1) is 0 Å². The molecule has 2 radical (unpaired) electrons. The van der Waals surface area contributed by atoms with Crippen LogP contribution in [0.3, 0.4) is 0 Å². The van der Waals surface area contributed by atoms with Crippen LogP contribution in [0.4, 0.5) is 39.9 Å². The zero-order chi connectivity index (χ0) is 19.5. The zero-order valence-electron chi connectivity index (χ0n) is 12.0. The minimum Gasteiger partial charge on any atom is -0.418 e. The van der Waals surface area contributed by atoms with Crippen LogP contribution in [-0.4, -0.2) is 39.3 Å². The quantitative estimate of drug-likeness (QED) is 0.144. The van der Waals surface area contributed by atoms with Crippen molar-refractivity contribution in [3.63, 3.8) is 0 Å². The lowest BCUT2D eigenvalue weighted by molar-refractivity contribution is -0.213. The standard InChI is InChI=1S/C11H6BF8O4P/c1-25(12)22-2-3(11(18,19)20)23-10(21)24-9-7(16)5(14)4(13)6(15)8(9)17/h3H,2H2,1H3/t3-,25?/m1/s1. The Hall–Kier alpha value is -1.62. The van der Waals surface area contributed by atoms with Crippen LogP contribution in [-0.2, 0) is 9.26 Å². The third-order valence-corrected chi connectivity index (χ3v) is 2.94. The van der Waals surface area contributed by atoms with E-state index in [1.807, 2.05) is 0 Å². The molecule has 0 aliphatic heterocycles. The predicted octanol–water partition coefficient (Wildman–Crippen LogP) is 3.96. The summed E-state index contributed by atoms with van der Waals surface area (Å²) in [4.78, 5) is 11.2. The van der Waals surface area contributed by atoms with Crippen molar-refractivity contribution in [3.8, 4) is 5.75 Å². The number of hydrogen-bond donors (Lipinski definition) is 0. The van der Waals surface area contributed by atoms with E-state index < -0.39 is 67.9 Å². The highest BCUT2D eigenvalue weighted by molar-refractivity contribution is 7.77. The van der Waals surface area contributed by atoms with E-state index in [4.69, 9.17) is 7.57 Å². The maximum atomic E-state index is 13.3. The number of ether oxygens (including phenoxy) is 2. The molecule has 0 heterocycles. The molecule has 25 heavy (non-hydrogen) atoms. The van der Waals surface area contributed by atoms with Crippen molar-refractivity contribution < 1.29 is 53.9 Å². The van der Waals surface area contributed by atoms with E-state index in [1.54, 1.807) is 0 Å². The second kappa shape index (κ2) is 8.18.